The van der Waals surface area contributed by atoms with Gasteiger partial charge in [0.25, 0.3) is 5.91 Å². The lowest BCUT2D eigenvalue weighted by molar-refractivity contribution is -0.127. The van der Waals surface area contributed by atoms with Gasteiger partial charge in [0, 0.05) is 0 Å². The lowest BCUT2D eigenvalue weighted by Crippen LogP contribution is -2.42. The van der Waals surface area contributed by atoms with Crippen LogP contribution in [-0.4, -0.2) is 45.3 Å². The maximum atomic E-state index is 12.2. The fourth-order valence-electron chi connectivity index (χ4n) is 1.76. The third kappa shape index (κ3) is 4.25. The highest BCUT2D eigenvalue weighted by molar-refractivity contribution is 5.99. The normalized spacial score (nSPS) is 11.1. The van der Waals surface area contributed by atoms with Gasteiger partial charge >= 0.3 is 12.0 Å². The molecule has 0 aliphatic carbocycles. The van der Waals surface area contributed by atoms with Crippen LogP contribution in [0.3, 0.4) is 0 Å². The molecule has 0 saturated carbocycles. The molecule has 3 amide bonds. The molecule has 126 valence electrons. The number of hydrogen-bond acceptors (Lipinski definition) is 7. The zero-order valence-corrected chi connectivity index (χ0v) is 13.2. The van der Waals surface area contributed by atoms with E-state index in [-0.39, 0.29) is 17.1 Å². The molecule has 0 heterocycles. The second-order valence-corrected chi connectivity index (χ2v) is 4.28. The zero-order valence-electron chi connectivity index (χ0n) is 13.2. The Morgan fingerprint density at radius 2 is 1.65 bits per heavy atom. The predicted octanol–water partition coefficient (Wildman–Crippen LogP) is 0.453. The summed E-state index contributed by atoms with van der Waals surface area (Å²) in [5.74, 6) is -1.02. The van der Waals surface area contributed by atoms with Crippen molar-refractivity contribution in [2.24, 2.45) is 5.73 Å². The number of primary amides is 1. The minimum absolute atomic E-state index is 0.0314. The van der Waals surface area contributed by atoms with Gasteiger partial charge in [-0.25, -0.2) is 9.59 Å². The molecule has 0 aliphatic heterocycles. The number of nitrogens with one attached hydrogen (secondary N) is 1. The summed E-state index contributed by atoms with van der Waals surface area (Å²) in [6, 6.07) is 1.86. The van der Waals surface area contributed by atoms with E-state index in [9.17, 15) is 14.4 Å². The number of urea groups is 1. The Balaban J connectivity index is 3.04. The van der Waals surface area contributed by atoms with Crippen molar-refractivity contribution in [3.05, 3.63) is 17.7 Å². The third-order valence-corrected chi connectivity index (χ3v) is 2.82. The zero-order chi connectivity index (χ0) is 17.6. The number of nitrogens with two attached hydrogens (primary N) is 1. The summed E-state index contributed by atoms with van der Waals surface area (Å²) in [7, 11) is 4.17. The average Bonchev–Trinajstić information content (AvgIpc) is 2.52. The van der Waals surface area contributed by atoms with E-state index in [1.165, 1.54) is 40.4 Å². The number of amides is 3. The molecular formula is C14H18N2O7. The summed E-state index contributed by atoms with van der Waals surface area (Å²) in [4.78, 5) is 34.4. The molecule has 1 rings (SSSR count). The summed E-state index contributed by atoms with van der Waals surface area (Å²) >= 11 is 0. The first-order valence-corrected chi connectivity index (χ1v) is 6.45. The largest absolute Gasteiger partial charge is 0.493 e. The molecule has 0 spiro atoms. The molecule has 0 aliphatic rings. The Hall–Kier alpha value is -2.97. The number of ether oxygens (including phenoxy) is 4. The van der Waals surface area contributed by atoms with Crippen LogP contribution in [0, 0.1) is 0 Å². The van der Waals surface area contributed by atoms with Gasteiger partial charge in [0.05, 0.1) is 21.3 Å². The van der Waals surface area contributed by atoms with Crippen molar-refractivity contribution in [3.63, 3.8) is 0 Å². The maximum absolute atomic E-state index is 12.2. The molecule has 1 atom stereocenters. The van der Waals surface area contributed by atoms with Crippen molar-refractivity contribution in [2.75, 3.05) is 21.3 Å². The fourth-order valence-corrected chi connectivity index (χ4v) is 1.76. The number of hydrogen-bond donors (Lipinski definition) is 2. The molecule has 3 N–H and O–H groups in total. The van der Waals surface area contributed by atoms with Gasteiger partial charge in [0.15, 0.2) is 17.6 Å². The van der Waals surface area contributed by atoms with Gasteiger partial charge in [0.1, 0.15) is 5.56 Å². The molecule has 0 radical (unpaired) electrons. The van der Waals surface area contributed by atoms with Gasteiger partial charge in [-0.3, -0.25) is 10.1 Å². The summed E-state index contributed by atoms with van der Waals surface area (Å²) < 4.78 is 20.4. The molecule has 1 aromatic rings. The van der Waals surface area contributed by atoms with Gasteiger partial charge in [-0.05, 0) is 19.1 Å². The topological polar surface area (TPSA) is 126 Å². The van der Waals surface area contributed by atoms with Gasteiger partial charge < -0.3 is 24.7 Å². The van der Waals surface area contributed by atoms with Crippen LogP contribution in [-0.2, 0) is 9.53 Å². The number of esters is 1. The Morgan fingerprint density at radius 1 is 1.04 bits per heavy atom. The second-order valence-electron chi connectivity index (χ2n) is 4.28. The molecule has 0 bridgehead atoms. The molecule has 0 saturated heterocycles. The minimum Gasteiger partial charge on any atom is -0.493 e. The maximum Gasteiger partial charge on any atom is 0.342 e. The Bertz CT molecular complexity index is 615. The molecule has 0 aromatic heterocycles. The molecule has 9 nitrogen and oxygen atoms in total. The van der Waals surface area contributed by atoms with E-state index in [1.807, 2.05) is 5.32 Å². The minimum atomic E-state index is -1.23. The lowest BCUT2D eigenvalue weighted by atomic mass is 10.1. The SMILES string of the molecule is COc1ccc(C(=O)O[C@@H](C)C(=O)NC(N)=O)c(OC)c1OC. The predicted molar refractivity (Wildman–Crippen MR) is 78.7 cm³/mol. The molecule has 23 heavy (non-hydrogen) atoms. The quantitative estimate of drug-likeness (QED) is 0.727. The molecule has 1 aromatic carbocycles. The third-order valence-electron chi connectivity index (χ3n) is 2.82. The number of imide groups is 1. The number of carbonyl (C=O) groups excluding carboxylic acids is 3. The van der Waals surface area contributed by atoms with Crippen LogP contribution in [0.15, 0.2) is 12.1 Å². The molecule has 0 fully saturated rings. The smallest absolute Gasteiger partial charge is 0.342 e. The van der Waals surface area contributed by atoms with E-state index in [1.54, 1.807) is 0 Å². The highest BCUT2D eigenvalue weighted by atomic mass is 16.6. The molecule has 9 heteroatoms. The number of benzene rings is 1. The van der Waals surface area contributed by atoms with Crippen molar-refractivity contribution < 1.29 is 33.3 Å². The van der Waals surface area contributed by atoms with Crippen LogP contribution in [0.25, 0.3) is 0 Å². The molecule has 0 unspecified atom stereocenters. The highest BCUT2D eigenvalue weighted by Gasteiger charge is 2.25. The number of carbonyl (C=O) groups is 3. The van der Waals surface area contributed by atoms with E-state index < -0.39 is 24.0 Å². The van der Waals surface area contributed by atoms with E-state index in [0.29, 0.717) is 5.75 Å². The summed E-state index contributed by atoms with van der Waals surface area (Å²) in [6.07, 6.45) is -1.23. The first kappa shape index (κ1) is 18.1. The van der Waals surface area contributed by atoms with Crippen LogP contribution >= 0.6 is 0 Å². The highest BCUT2D eigenvalue weighted by Crippen LogP contribution is 2.40. The lowest BCUT2D eigenvalue weighted by Gasteiger charge is -2.16. The van der Waals surface area contributed by atoms with Crippen LogP contribution < -0.4 is 25.3 Å². The van der Waals surface area contributed by atoms with Crippen LogP contribution in [0.1, 0.15) is 17.3 Å². The van der Waals surface area contributed by atoms with Gasteiger partial charge in [-0.2, -0.15) is 0 Å². The fraction of sp³-hybridized carbons (Fsp3) is 0.357. The van der Waals surface area contributed by atoms with Crippen molar-refractivity contribution in [2.45, 2.75) is 13.0 Å². The average molecular weight is 326 g/mol. The van der Waals surface area contributed by atoms with Gasteiger partial charge in [0.2, 0.25) is 5.75 Å². The van der Waals surface area contributed by atoms with Gasteiger partial charge in [-0.1, -0.05) is 0 Å². The Labute approximate surface area is 132 Å². The van der Waals surface area contributed by atoms with E-state index in [2.05, 4.69) is 0 Å². The van der Waals surface area contributed by atoms with E-state index in [0.717, 1.165) is 0 Å². The van der Waals surface area contributed by atoms with Crippen LogP contribution in [0.5, 0.6) is 17.2 Å². The van der Waals surface area contributed by atoms with Crippen molar-refractivity contribution in [1.29, 1.82) is 0 Å². The van der Waals surface area contributed by atoms with Crippen LogP contribution in [0.4, 0.5) is 4.79 Å². The summed E-state index contributed by atoms with van der Waals surface area (Å²) in [5, 5.41) is 1.82. The number of rotatable bonds is 6. The second kappa shape index (κ2) is 7.87. The van der Waals surface area contributed by atoms with Gasteiger partial charge in [-0.15, -0.1) is 0 Å². The standard InChI is InChI=1S/C14H18N2O7/c1-7(12(17)16-14(15)19)23-13(18)8-5-6-9(20-2)11(22-4)10(8)21-3/h5-7H,1-4H3,(H3,15,16,17,19)/t7-/m0/s1. The van der Waals surface area contributed by atoms with Crippen molar-refractivity contribution in [3.8, 4) is 17.2 Å². The monoisotopic (exact) mass is 326 g/mol. The first-order chi connectivity index (χ1) is 10.8. The summed E-state index contributed by atoms with van der Waals surface area (Å²) in [6.45, 7) is 1.30. The Kier molecular flexibility index (Phi) is 6.19. The Morgan fingerprint density at radius 3 is 2.13 bits per heavy atom. The van der Waals surface area contributed by atoms with Crippen molar-refractivity contribution in [1.82, 2.24) is 5.32 Å². The molecular weight excluding hydrogens is 308 g/mol. The number of methoxy groups -OCH3 is 3. The van der Waals surface area contributed by atoms with Crippen molar-refractivity contribution >= 4 is 17.9 Å². The van der Waals surface area contributed by atoms with E-state index in [4.69, 9.17) is 24.7 Å². The van der Waals surface area contributed by atoms with Crippen LogP contribution in [0.2, 0.25) is 0 Å². The summed E-state index contributed by atoms with van der Waals surface area (Å²) in [5.41, 5.74) is 4.86. The first-order valence-electron chi connectivity index (χ1n) is 6.45. The van der Waals surface area contributed by atoms with E-state index >= 15 is 0 Å².